The molecule has 0 atom stereocenters. The standard InChI is InChI=1S/C64H46N4Si/c1-45-21-19-26-48(41-45)49-37-40-58-57-35-17-18-36-59(57)68(61(58)43-49)60-44-51(64-66-62(46-22-7-2-8-23-46)65-63(67-64)47-24-9-3-10-25-47)38-39-56(60)50-27-20-34-55(42-50)69(52-28-11-4-12-29-52,53-30-13-5-14-31-53)54-32-15-6-16-33-54/h2-44H,1H3. The molecule has 12 rings (SSSR count). The van der Waals surface area contributed by atoms with Crippen LogP contribution in [0.1, 0.15) is 5.56 Å². The fourth-order valence-corrected chi connectivity index (χ4v) is 15.1. The van der Waals surface area contributed by atoms with E-state index in [4.69, 9.17) is 15.0 Å². The van der Waals surface area contributed by atoms with E-state index >= 15 is 0 Å². The third kappa shape index (κ3) is 7.56. The van der Waals surface area contributed by atoms with E-state index in [-0.39, 0.29) is 0 Å². The second kappa shape index (κ2) is 17.8. The molecule has 5 heteroatoms. The highest BCUT2D eigenvalue weighted by Gasteiger charge is 2.41. The topological polar surface area (TPSA) is 43.6 Å². The van der Waals surface area contributed by atoms with Gasteiger partial charge in [0.05, 0.1) is 16.7 Å². The SMILES string of the molecule is Cc1cccc(-c2ccc3c4ccccc4n(-c4cc(-c5nc(-c6ccccc6)nc(-c6ccccc6)n5)ccc4-c4cccc([Si](c5ccccc5)(c5ccccc5)c5ccccc5)c4)c3c2)c1. The molecule has 69 heavy (non-hydrogen) atoms. The van der Waals surface area contributed by atoms with E-state index in [0.717, 1.165) is 50.1 Å². The predicted octanol–water partition coefficient (Wildman–Crippen LogP) is 13.0. The zero-order chi connectivity index (χ0) is 46.2. The van der Waals surface area contributed by atoms with Gasteiger partial charge in [-0.15, -0.1) is 0 Å². The smallest absolute Gasteiger partial charge is 0.179 e. The van der Waals surface area contributed by atoms with Gasteiger partial charge in [0.2, 0.25) is 0 Å². The Hall–Kier alpha value is -8.77. The summed E-state index contributed by atoms with van der Waals surface area (Å²) in [5, 5.41) is 7.68. The molecule has 0 aliphatic heterocycles. The molecule has 4 nitrogen and oxygen atoms in total. The minimum absolute atomic E-state index is 0.606. The molecular formula is C64H46N4Si. The Balaban J connectivity index is 1.15. The van der Waals surface area contributed by atoms with Crippen molar-refractivity contribution in [2.75, 3.05) is 0 Å². The molecule has 2 aromatic heterocycles. The van der Waals surface area contributed by atoms with Gasteiger partial charge >= 0.3 is 0 Å². The molecule has 12 aromatic rings. The molecule has 0 unspecified atom stereocenters. The van der Waals surface area contributed by atoms with Crippen LogP contribution in [0.4, 0.5) is 0 Å². The minimum Gasteiger partial charge on any atom is -0.309 e. The number of benzene rings is 10. The van der Waals surface area contributed by atoms with Crippen LogP contribution in [-0.2, 0) is 0 Å². The largest absolute Gasteiger partial charge is 0.309 e. The van der Waals surface area contributed by atoms with Crippen LogP contribution in [0.15, 0.2) is 261 Å². The van der Waals surface area contributed by atoms with E-state index < -0.39 is 8.07 Å². The molecule has 0 saturated carbocycles. The maximum Gasteiger partial charge on any atom is 0.179 e. The third-order valence-electron chi connectivity index (χ3n) is 13.4. The van der Waals surface area contributed by atoms with Crippen LogP contribution in [0.25, 0.3) is 83.9 Å². The van der Waals surface area contributed by atoms with Gasteiger partial charge in [-0.1, -0.05) is 248 Å². The fraction of sp³-hybridized carbons (Fsp3) is 0.0156. The molecule has 0 radical (unpaired) electrons. The summed E-state index contributed by atoms with van der Waals surface area (Å²) in [6, 6.07) is 94.4. The summed E-state index contributed by atoms with van der Waals surface area (Å²) in [4.78, 5) is 15.5. The van der Waals surface area contributed by atoms with E-state index in [0.29, 0.717) is 17.5 Å². The van der Waals surface area contributed by atoms with Crippen LogP contribution >= 0.6 is 0 Å². The molecule has 0 bridgehead atoms. The van der Waals surface area contributed by atoms with E-state index in [1.165, 1.54) is 42.6 Å². The van der Waals surface area contributed by atoms with Gasteiger partial charge in [-0.25, -0.2) is 15.0 Å². The van der Waals surface area contributed by atoms with Crippen LogP contribution in [0.5, 0.6) is 0 Å². The molecule has 10 aromatic carbocycles. The summed E-state index contributed by atoms with van der Waals surface area (Å²) in [5.41, 5.74) is 11.8. The second-order valence-electron chi connectivity index (χ2n) is 17.7. The average Bonchev–Trinajstić information content (AvgIpc) is 3.76. The first kappa shape index (κ1) is 41.6. The van der Waals surface area contributed by atoms with E-state index in [2.05, 4.69) is 236 Å². The maximum atomic E-state index is 5.23. The summed E-state index contributed by atoms with van der Waals surface area (Å²) in [7, 11) is -2.86. The number of hydrogen-bond acceptors (Lipinski definition) is 3. The van der Waals surface area contributed by atoms with Crippen molar-refractivity contribution in [1.29, 1.82) is 0 Å². The lowest BCUT2D eigenvalue weighted by Gasteiger charge is -2.34. The van der Waals surface area contributed by atoms with Gasteiger partial charge in [0, 0.05) is 33.0 Å². The van der Waals surface area contributed by atoms with Crippen molar-refractivity contribution >= 4 is 50.6 Å². The fourth-order valence-electron chi connectivity index (χ4n) is 10.3. The first-order valence-electron chi connectivity index (χ1n) is 23.5. The zero-order valence-corrected chi connectivity index (χ0v) is 39.1. The Kier molecular flexibility index (Phi) is 10.7. The highest BCUT2D eigenvalue weighted by Crippen LogP contribution is 2.40. The Morgan fingerprint density at radius 3 is 1.35 bits per heavy atom. The average molecular weight is 899 g/mol. The highest BCUT2D eigenvalue weighted by atomic mass is 28.3. The lowest BCUT2D eigenvalue weighted by molar-refractivity contribution is 1.07. The Morgan fingerprint density at radius 2 is 0.754 bits per heavy atom. The summed E-state index contributed by atoms with van der Waals surface area (Å²) in [5.74, 6) is 1.86. The van der Waals surface area contributed by atoms with Crippen LogP contribution in [0, 0.1) is 6.92 Å². The van der Waals surface area contributed by atoms with Crippen LogP contribution in [0.2, 0.25) is 0 Å². The van der Waals surface area contributed by atoms with E-state index in [1.807, 2.05) is 36.4 Å². The van der Waals surface area contributed by atoms with Crippen LogP contribution in [-0.4, -0.2) is 27.6 Å². The number of aromatic nitrogens is 4. The number of aryl methyl sites for hydroxylation is 1. The molecule has 0 aliphatic rings. The van der Waals surface area contributed by atoms with Crippen LogP contribution < -0.4 is 20.7 Å². The Morgan fingerprint density at radius 1 is 0.304 bits per heavy atom. The summed E-state index contributed by atoms with van der Waals surface area (Å²) in [6.45, 7) is 2.16. The number of nitrogens with zero attached hydrogens (tertiary/aromatic N) is 4. The normalized spacial score (nSPS) is 11.6. The molecule has 0 saturated heterocycles. The van der Waals surface area contributed by atoms with Gasteiger partial charge in [0.15, 0.2) is 25.5 Å². The summed E-state index contributed by atoms with van der Waals surface area (Å²) in [6.07, 6.45) is 0. The van der Waals surface area contributed by atoms with Crippen molar-refractivity contribution in [1.82, 2.24) is 19.5 Å². The second-order valence-corrected chi connectivity index (χ2v) is 21.5. The van der Waals surface area contributed by atoms with Crippen molar-refractivity contribution in [2.24, 2.45) is 0 Å². The van der Waals surface area contributed by atoms with Crippen molar-refractivity contribution in [3.05, 3.63) is 266 Å². The minimum atomic E-state index is -2.86. The van der Waals surface area contributed by atoms with Gasteiger partial charge in [0.1, 0.15) is 0 Å². The van der Waals surface area contributed by atoms with Crippen molar-refractivity contribution in [3.8, 4) is 62.1 Å². The van der Waals surface area contributed by atoms with Gasteiger partial charge in [-0.3, -0.25) is 0 Å². The lowest BCUT2D eigenvalue weighted by Crippen LogP contribution is -2.74. The lowest BCUT2D eigenvalue weighted by atomic mass is 10.00. The first-order chi connectivity index (χ1) is 34.1. The van der Waals surface area contributed by atoms with E-state index in [1.54, 1.807) is 0 Å². The number of fused-ring (bicyclic) bond motifs is 3. The summed E-state index contributed by atoms with van der Waals surface area (Å²) >= 11 is 0. The predicted molar refractivity (Wildman–Crippen MR) is 290 cm³/mol. The third-order valence-corrected chi connectivity index (χ3v) is 18.2. The number of rotatable bonds is 10. The number of para-hydroxylation sites is 1. The molecular weight excluding hydrogens is 853 g/mol. The molecule has 326 valence electrons. The van der Waals surface area contributed by atoms with E-state index in [9.17, 15) is 0 Å². The molecule has 0 spiro atoms. The molecule has 2 heterocycles. The molecule has 0 aliphatic carbocycles. The first-order valence-corrected chi connectivity index (χ1v) is 25.5. The summed E-state index contributed by atoms with van der Waals surface area (Å²) < 4.78 is 2.46. The highest BCUT2D eigenvalue weighted by molar-refractivity contribution is 7.19. The molecule has 0 fully saturated rings. The van der Waals surface area contributed by atoms with Gasteiger partial charge in [-0.05, 0) is 62.6 Å². The zero-order valence-electron chi connectivity index (χ0n) is 38.1. The van der Waals surface area contributed by atoms with Crippen molar-refractivity contribution < 1.29 is 0 Å². The van der Waals surface area contributed by atoms with Crippen LogP contribution in [0.3, 0.4) is 0 Å². The van der Waals surface area contributed by atoms with Crippen molar-refractivity contribution in [2.45, 2.75) is 6.92 Å². The van der Waals surface area contributed by atoms with Gasteiger partial charge in [-0.2, -0.15) is 0 Å². The Labute approximate surface area is 403 Å². The quantitative estimate of drug-likeness (QED) is 0.101. The maximum absolute atomic E-state index is 5.23. The van der Waals surface area contributed by atoms with Gasteiger partial charge in [0.25, 0.3) is 0 Å². The molecule has 0 amide bonds. The number of hydrogen-bond donors (Lipinski definition) is 0. The monoisotopic (exact) mass is 898 g/mol. The van der Waals surface area contributed by atoms with Gasteiger partial charge < -0.3 is 4.57 Å². The Bertz CT molecular complexity index is 3620. The molecule has 0 N–H and O–H groups in total. The van der Waals surface area contributed by atoms with Crippen molar-refractivity contribution in [3.63, 3.8) is 0 Å².